The zero-order valence-electron chi connectivity index (χ0n) is 8.36. The molecule has 3 heteroatoms. The number of rotatable bonds is 3. The molecule has 1 unspecified atom stereocenters. The minimum absolute atomic E-state index is 0.283. The van der Waals surface area contributed by atoms with Crippen molar-refractivity contribution in [3.63, 3.8) is 0 Å². The van der Waals surface area contributed by atoms with Crippen LogP contribution in [-0.2, 0) is 16.0 Å². The van der Waals surface area contributed by atoms with Crippen LogP contribution in [0.25, 0.3) is 0 Å². The number of aryl methyl sites for hydroxylation is 1. The summed E-state index contributed by atoms with van der Waals surface area (Å²) < 4.78 is 4.59. The Morgan fingerprint density at radius 3 is 2.50 bits per heavy atom. The van der Waals surface area contributed by atoms with Crippen LogP contribution in [0, 0.1) is 6.92 Å². The molecule has 0 aliphatic heterocycles. The number of carbonyl (C=O) groups excluding carboxylic acids is 1. The van der Waals surface area contributed by atoms with E-state index in [9.17, 15) is 4.79 Å². The SMILES string of the molecule is COC(=O)C(S)Cc1ccc(C)cc1. The van der Waals surface area contributed by atoms with Gasteiger partial charge in [0.15, 0.2) is 0 Å². The summed E-state index contributed by atoms with van der Waals surface area (Å²) in [6.45, 7) is 2.03. The van der Waals surface area contributed by atoms with Gasteiger partial charge in [0.25, 0.3) is 0 Å². The Balaban J connectivity index is 2.60. The summed E-state index contributed by atoms with van der Waals surface area (Å²) in [4.78, 5) is 11.1. The lowest BCUT2D eigenvalue weighted by Crippen LogP contribution is -2.18. The third-order valence-electron chi connectivity index (χ3n) is 2.02. The van der Waals surface area contributed by atoms with Gasteiger partial charge in [-0.05, 0) is 18.9 Å². The second kappa shape index (κ2) is 5.05. The Bertz CT molecular complexity index is 306. The van der Waals surface area contributed by atoms with E-state index in [4.69, 9.17) is 0 Å². The Morgan fingerprint density at radius 2 is 2.00 bits per heavy atom. The van der Waals surface area contributed by atoms with Crippen molar-refractivity contribution in [3.05, 3.63) is 35.4 Å². The molecule has 0 spiro atoms. The molecule has 0 aliphatic rings. The first-order valence-corrected chi connectivity index (χ1v) is 4.96. The highest BCUT2D eigenvalue weighted by Gasteiger charge is 2.14. The number of hydrogen-bond acceptors (Lipinski definition) is 3. The molecular formula is C11H14O2S. The van der Waals surface area contributed by atoms with Crippen LogP contribution in [0.1, 0.15) is 11.1 Å². The molecule has 0 heterocycles. The zero-order chi connectivity index (χ0) is 10.6. The fourth-order valence-electron chi connectivity index (χ4n) is 1.17. The van der Waals surface area contributed by atoms with Crippen molar-refractivity contribution in [2.45, 2.75) is 18.6 Å². The summed E-state index contributed by atoms with van der Waals surface area (Å²) in [7, 11) is 1.38. The van der Waals surface area contributed by atoms with Crippen molar-refractivity contribution in [2.24, 2.45) is 0 Å². The highest BCUT2D eigenvalue weighted by atomic mass is 32.1. The van der Waals surface area contributed by atoms with Gasteiger partial charge in [0.1, 0.15) is 5.25 Å². The standard InChI is InChI=1S/C11H14O2S/c1-8-3-5-9(6-4-8)7-10(14)11(12)13-2/h3-6,10,14H,7H2,1-2H3. The minimum atomic E-state index is -0.372. The summed E-state index contributed by atoms with van der Waals surface area (Å²) in [6.07, 6.45) is 0.607. The number of benzene rings is 1. The van der Waals surface area contributed by atoms with E-state index in [1.54, 1.807) is 0 Å². The molecule has 1 aromatic rings. The summed E-state index contributed by atoms with van der Waals surface area (Å²) in [6, 6.07) is 8.04. The normalized spacial score (nSPS) is 12.2. The molecule has 0 N–H and O–H groups in total. The number of esters is 1. The smallest absolute Gasteiger partial charge is 0.318 e. The molecule has 0 saturated carbocycles. The Hall–Kier alpha value is -0.960. The van der Waals surface area contributed by atoms with Crippen LogP contribution in [0.3, 0.4) is 0 Å². The number of carbonyl (C=O) groups is 1. The molecule has 1 rings (SSSR count). The van der Waals surface area contributed by atoms with Crippen LogP contribution in [0.15, 0.2) is 24.3 Å². The van der Waals surface area contributed by atoms with Gasteiger partial charge in [-0.1, -0.05) is 29.8 Å². The van der Waals surface area contributed by atoms with Gasteiger partial charge in [-0.3, -0.25) is 4.79 Å². The van der Waals surface area contributed by atoms with Gasteiger partial charge >= 0.3 is 5.97 Å². The fraction of sp³-hybridized carbons (Fsp3) is 0.364. The van der Waals surface area contributed by atoms with Crippen molar-refractivity contribution in [1.29, 1.82) is 0 Å². The first kappa shape index (κ1) is 11.1. The van der Waals surface area contributed by atoms with Gasteiger partial charge in [0.05, 0.1) is 7.11 Å². The molecule has 0 fully saturated rings. The van der Waals surface area contributed by atoms with Crippen LogP contribution in [-0.4, -0.2) is 18.3 Å². The van der Waals surface area contributed by atoms with E-state index in [0.717, 1.165) is 5.56 Å². The van der Waals surface area contributed by atoms with E-state index in [-0.39, 0.29) is 11.2 Å². The Kier molecular flexibility index (Phi) is 4.01. The van der Waals surface area contributed by atoms with Gasteiger partial charge < -0.3 is 4.74 Å². The van der Waals surface area contributed by atoms with Crippen molar-refractivity contribution in [1.82, 2.24) is 0 Å². The molecule has 0 saturated heterocycles. The second-order valence-corrected chi connectivity index (χ2v) is 3.85. The predicted molar refractivity (Wildman–Crippen MR) is 59.7 cm³/mol. The highest BCUT2D eigenvalue weighted by Crippen LogP contribution is 2.10. The minimum Gasteiger partial charge on any atom is -0.468 e. The summed E-state index contributed by atoms with van der Waals surface area (Å²) in [5, 5.41) is -0.372. The number of methoxy groups -OCH3 is 1. The number of ether oxygens (including phenoxy) is 1. The molecule has 76 valence electrons. The van der Waals surface area contributed by atoms with E-state index in [1.807, 2.05) is 31.2 Å². The molecule has 2 nitrogen and oxygen atoms in total. The summed E-state index contributed by atoms with van der Waals surface area (Å²) >= 11 is 4.17. The van der Waals surface area contributed by atoms with Crippen molar-refractivity contribution in [3.8, 4) is 0 Å². The van der Waals surface area contributed by atoms with Crippen molar-refractivity contribution < 1.29 is 9.53 Å². The average Bonchev–Trinajstić information content (AvgIpc) is 2.20. The summed E-state index contributed by atoms with van der Waals surface area (Å²) in [5.74, 6) is -0.283. The molecule has 0 amide bonds. The second-order valence-electron chi connectivity index (χ2n) is 3.23. The first-order valence-electron chi connectivity index (χ1n) is 4.45. The molecule has 0 bridgehead atoms. The third kappa shape index (κ3) is 3.07. The Morgan fingerprint density at radius 1 is 1.43 bits per heavy atom. The maximum absolute atomic E-state index is 11.1. The monoisotopic (exact) mass is 210 g/mol. The highest BCUT2D eigenvalue weighted by molar-refractivity contribution is 7.81. The van der Waals surface area contributed by atoms with E-state index in [1.165, 1.54) is 12.7 Å². The lowest BCUT2D eigenvalue weighted by Gasteiger charge is -2.08. The lowest BCUT2D eigenvalue weighted by molar-refractivity contribution is -0.139. The molecular weight excluding hydrogens is 196 g/mol. The lowest BCUT2D eigenvalue weighted by atomic mass is 10.1. The molecule has 0 radical (unpaired) electrons. The van der Waals surface area contributed by atoms with Crippen LogP contribution in [0.2, 0.25) is 0 Å². The van der Waals surface area contributed by atoms with Gasteiger partial charge in [0.2, 0.25) is 0 Å². The molecule has 0 aliphatic carbocycles. The number of hydrogen-bond donors (Lipinski definition) is 1. The maximum atomic E-state index is 11.1. The summed E-state index contributed by atoms with van der Waals surface area (Å²) in [5.41, 5.74) is 2.31. The molecule has 0 aromatic heterocycles. The van der Waals surface area contributed by atoms with Crippen LogP contribution < -0.4 is 0 Å². The molecule has 14 heavy (non-hydrogen) atoms. The van der Waals surface area contributed by atoms with E-state index < -0.39 is 0 Å². The van der Waals surface area contributed by atoms with Crippen molar-refractivity contribution in [2.75, 3.05) is 7.11 Å². The quantitative estimate of drug-likeness (QED) is 0.610. The van der Waals surface area contributed by atoms with Crippen LogP contribution in [0.4, 0.5) is 0 Å². The number of thiol groups is 1. The van der Waals surface area contributed by atoms with Gasteiger partial charge in [-0.2, -0.15) is 12.6 Å². The van der Waals surface area contributed by atoms with Crippen molar-refractivity contribution >= 4 is 18.6 Å². The topological polar surface area (TPSA) is 26.3 Å². The van der Waals surface area contributed by atoms with E-state index in [0.29, 0.717) is 6.42 Å². The molecule has 1 atom stereocenters. The van der Waals surface area contributed by atoms with Gasteiger partial charge in [-0.15, -0.1) is 0 Å². The van der Waals surface area contributed by atoms with E-state index >= 15 is 0 Å². The van der Waals surface area contributed by atoms with Crippen LogP contribution >= 0.6 is 12.6 Å². The van der Waals surface area contributed by atoms with Gasteiger partial charge in [0, 0.05) is 0 Å². The van der Waals surface area contributed by atoms with Gasteiger partial charge in [-0.25, -0.2) is 0 Å². The maximum Gasteiger partial charge on any atom is 0.318 e. The van der Waals surface area contributed by atoms with E-state index in [2.05, 4.69) is 17.4 Å². The Labute approximate surface area is 89.7 Å². The average molecular weight is 210 g/mol. The fourth-order valence-corrected chi connectivity index (χ4v) is 1.48. The largest absolute Gasteiger partial charge is 0.468 e. The first-order chi connectivity index (χ1) is 6.63. The zero-order valence-corrected chi connectivity index (χ0v) is 9.25. The van der Waals surface area contributed by atoms with Crippen LogP contribution in [0.5, 0.6) is 0 Å². The third-order valence-corrected chi connectivity index (χ3v) is 2.42. The molecule has 1 aromatic carbocycles. The predicted octanol–water partition coefficient (Wildman–Crippen LogP) is 2.01.